The molecule has 0 fully saturated rings. The highest BCUT2D eigenvalue weighted by Crippen LogP contribution is 2.41. The van der Waals surface area contributed by atoms with Gasteiger partial charge in [0, 0.05) is 49.1 Å². The maximum absolute atomic E-state index is 4.79. The maximum Gasteiger partial charge on any atom is 0.0802 e. The van der Waals surface area contributed by atoms with Gasteiger partial charge in [-0.3, -0.25) is 4.98 Å². The fraction of sp³-hybridized carbons (Fsp3) is 0.0294. The third kappa shape index (κ3) is 3.51. The van der Waals surface area contributed by atoms with Crippen LogP contribution in [0.15, 0.2) is 128 Å². The maximum atomic E-state index is 4.79. The van der Waals surface area contributed by atoms with E-state index in [1.807, 2.05) is 35.8 Å². The number of aromatic nitrogens is 2. The van der Waals surface area contributed by atoms with Crippen molar-refractivity contribution < 1.29 is 0 Å². The van der Waals surface area contributed by atoms with E-state index in [0.29, 0.717) is 0 Å². The Kier molecular flexibility index (Phi) is 5.23. The quantitative estimate of drug-likeness (QED) is 0.219. The number of pyridine rings is 1. The Bertz CT molecular complexity index is 2030. The summed E-state index contributed by atoms with van der Waals surface area (Å²) < 4.78 is 5.08. The molecule has 0 amide bonds. The van der Waals surface area contributed by atoms with Gasteiger partial charge in [-0.05, 0) is 35.4 Å². The smallest absolute Gasteiger partial charge is 0.0802 e. The first-order valence-corrected chi connectivity index (χ1v) is 13.3. The molecular weight excluding hydrogens is 468 g/mol. The van der Waals surface area contributed by atoms with Gasteiger partial charge in [0.1, 0.15) is 0 Å². The van der Waals surface area contributed by atoms with Crippen LogP contribution in [0.5, 0.6) is 0 Å². The van der Waals surface area contributed by atoms with Crippen molar-refractivity contribution in [1.29, 1.82) is 0 Å². The van der Waals surface area contributed by atoms with Gasteiger partial charge in [0.15, 0.2) is 0 Å². The summed E-state index contributed by atoms with van der Waals surface area (Å²) in [5.41, 5.74) is 6.00. The highest BCUT2D eigenvalue weighted by atomic mass is 32.1. The molecule has 7 aromatic rings. The summed E-state index contributed by atoms with van der Waals surface area (Å²) in [6, 6.07) is 30.8. The summed E-state index contributed by atoms with van der Waals surface area (Å²) in [5.74, 6) is 0. The van der Waals surface area contributed by atoms with Crippen LogP contribution in [0.2, 0.25) is 0 Å². The average Bonchev–Trinajstić information content (AvgIpc) is 3.48. The zero-order valence-corrected chi connectivity index (χ0v) is 21.1. The van der Waals surface area contributed by atoms with Gasteiger partial charge in [0.2, 0.25) is 0 Å². The SMILES string of the molecule is C=C/C=C\C=C/Cn1c2cc(-c3cccc4c3sc3ccccc34)ccc2c2c3ncccc3ccc21. The molecule has 0 bridgehead atoms. The van der Waals surface area contributed by atoms with Gasteiger partial charge in [0.25, 0.3) is 0 Å². The largest absolute Gasteiger partial charge is 0.336 e. The molecule has 0 aliphatic rings. The highest BCUT2D eigenvalue weighted by molar-refractivity contribution is 7.26. The molecule has 7 rings (SSSR count). The van der Waals surface area contributed by atoms with Gasteiger partial charge < -0.3 is 4.57 Å². The first-order valence-electron chi connectivity index (χ1n) is 12.5. The standard InChI is InChI=1S/C34H24N2S/c1-2-3-4-5-8-21-36-29-19-17-23-11-10-20-35-33(23)32(29)28-18-16-24(22-30(28)36)25-13-9-14-27-26-12-6-7-15-31(26)37-34(25)27/h2-20,22H,1,21H2/b4-3-,8-5-. The lowest BCUT2D eigenvalue weighted by Crippen LogP contribution is -1.95. The summed E-state index contributed by atoms with van der Waals surface area (Å²) in [4.78, 5) is 4.79. The monoisotopic (exact) mass is 492 g/mol. The van der Waals surface area contributed by atoms with E-state index in [0.717, 1.165) is 17.4 Å². The Morgan fingerprint density at radius 1 is 0.784 bits per heavy atom. The van der Waals surface area contributed by atoms with E-state index < -0.39 is 0 Å². The van der Waals surface area contributed by atoms with E-state index in [2.05, 4.69) is 102 Å². The second kappa shape index (κ2) is 8.88. The Balaban J connectivity index is 1.49. The lowest BCUT2D eigenvalue weighted by Gasteiger charge is -2.07. The minimum atomic E-state index is 0.774. The molecule has 0 unspecified atom stereocenters. The topological polar surface area (TPSA) is 17.8 Å². The van der Waals surface area contributed by atoms with Crippen LogP contribution < -0.4 is 0 Å². The predicted octanol–water partition coefficient (Wildman–Crippen LogP) is 9.68. The first-order chi connectivity index (χ1) is 18.3. The second-order valence-electron chi connectivity index (χ2n) is 9.21. The molecule has 3 heterocycles. The van der Waals surface area contributed by atoms with Gasteiger partial charge in [-0.2, -0.15) is 0 Å². The third-order valence-corrected chi connectivity index (χ3v) is 8.32. The molecule has 0 saturated heterocycles. The number of thiophene rings is 1. The molecule has 0 N–H and O–H groups in total. The summed E-state index contributed by atoms with van der Waals surface area (Å²) >= 11 is 1.88. The molecule has 0 saturated carbocycles. The highest BCUT2D eigenvalue weighted by Gasteiger charge is 2.16. The number of nitrogens with zero attached hydrogens (tertiary/aromatic N) is 2. The van der Waals surface area contributed by atoms with Crippen molar-refractivity contribution in [1.82, 2.24) is 9.55 Å². The third-order valence-electron chi connectivity index (χ3n) is 7.10. The molecule has 0 atom stereocenters. The van der Waals surface area contributed by atoms with Crippen molar-refractivity contribution in [2.45, 2.75) is 6.54 Å². The fourth-order valence-electron chi connectivity index (χ4n) is 5.45. The molecule has 3 heteroatoms. The molecule has 4 aromatic carbocycles. The Morgan fingerprint density at radius 2 is 1.70 bits per heavy atom. The molecule has 0 spiro atoms. The summed E-state index contributed by atoms with van der Waals surface area (Å²) in [6.45, 7) is 4.54. The molecule has 0 radical (unpaired) electrons. The van der Waals surface area contributed by atoms with Gasteiger partial charge in [0.05, 0.1) is 16.6 Å². The van der Waals surface area contributed by atoms with Gasteiger partial charge >= 0.3 is 0 Å². The van der Waals surface area contributed by atoms with E-state index in [4.69, 9.17) is 4.98 Å². The lowest BCUT2D eigenvalue weighted by molar-refractivity contribution is 0.899. The van der Waals surface area contributed by atoms with E-state index in [1.165, 1.54) is 53.1 Å². The van der Waals surface area contributed by atoms with Crippen LogP contribution in [-0.4, -0.2) is 9.55 Å². The zero-order chi connectivity index (χ0) is 24.8. The first kappa shape index (κ1) is 21.8. The van der Waals surface area contributed by atoms with E-state index >= 15 is 0 Å². The minimum absolute atomic E-state index is 0.774. The van der Waals surface area contributed by atoms with Crippen LogP contribution in [0.3, 0.4) is 0 Å². The summed E-state index contributed by atoms with van der Waals surface area (Å²) in [5, 5.41) is 6.27. The van der Waals surface area contributed by atoms with Crippen LogP contribution in [0, 0.1) is 0 Å². The minimum Gasteiger partial charge on any atom is -0.336 e. The number of hydrogen-bond donors (Lipinski definition) is 0. The normalized spacial score (nSPS) is 12.3. The van der Waals surface area contributed by atoms with Crippen molar-refractivity contribution in [2.75, 3.05) is 0 Å². The number of fused-ring (bicyclic) bond motifs is 8. The molecule has 3 aromatic heterocycles. The van der Waals surface area contributed by atoms with Crippen LogP contribution in [0.1, 0.15) is 0 Å². The molecule has 2 nitrogen and oxygen atoms in total. The number of benzene rings is 4. The van der Waals surface area contributed by atoms with E-state index in [-0.39, 0.29) is 0 Å². The van der Waals surface area contributed by atoms with E-state index in [1.54, 1.807) is 6.08 Å². The van der Waals surface area contributed by atoms with Crippen molar-refractivity contribution in [3.8, 4) is 11.1 Å². The Morgan fingerprint density at radius 3 is 2.65 bits per heavy atom. The van der Waals surface area contributed by atoms with Crippen LogP contribution in [0.4, 0.5) is 0 Å². The van der Waals surface area contributed by atoms with Gasteiger partial charge in [-0.15, -0.1) is 11.3 Å². The average molecular weight is 493 g/mol. The van der Waals surface area contributed by atoms with Crippen molar-refractivity contribution in [2.24, 2.45) is 0 Å². The lowest BCUT2D eigenvalue weighted by atomic mass is 10.0. The van der Waals surface area contributed by atoms with Crippen LogP contribution in [-0.2, 0) is 6.54 Å². The second-order valence-corrected chi connectivity index (χ2v) is 10.3. The van der Waals surface area contributed by atoms with Crippen molar-refractivity contribution in [3.05, 3.63) is 128 Å². The Labute approximate surface area is 219 Å². The summed E-state index contributed by atoms with van der Waals surface area (Å²) in [7, 11) is 0. The zero-order valence-electron chi connectivity index (χ0n) is 20.3. The van der Waals surface area contributed by atoms with Crippen molar-refractivity contribution in [3.63, 3.8) is 0 Å². The Hall–Kier alpha value is -4.47. The number of rotatable bonds is 5. The molecule has 37 heavy (non-hydrogen) atoms. The van der Waals surface area contributed by atoms with Crippen LogP contribution >= 0.6 is 11.3 Å². The fourth-order valence-corrected chi connectivity index (χ4v) is 6.69. The van der Waals surface area contributed by atoms with E-state index in [9.17, 15) is 0 Å². The molecular formula is C34H24N2S. The predicted molar refractivity (Wildman–Crippen MR) is 162 cm³/mol. The van der Waals surface area contributed by atoms with Crippen molar-refractivity contribution >= 4 is 64.2 Å². The summed E-state index contributed by atoms with van der Waals surface area (Å²) in [6.07, 6.45) is 11.9. The molecule has 0 aliphatic carbocycles. The van der Waals surface area contributed by atoms with Gasteiger partial charge in [-0.1, -0.05) is 97.6 Å². The number of allylic oxidation sites excluding steroid dienone is 5. The number of hydrogen-bond acceptors (Lipinski definition) is 2. The van der Waals surface area contributed by atoms with Crippen LogP contribution in [0.25, 0.3) is 64.0 Å². The molecule has 0 aliphatic heterocycles. The molecule has 176 valence electrons. The van der Waals surface area contributed by atoms with Gasteiger partial charge in [-0.25, -0.2) is 0 Å².